The molecule has 3 atom stereocenters. The van der Waals surface area contributed by atoms with E-state index in [-0.39, 0.29) is 108 Å². The number of rotatable bonds is 33. The number of amides is 6. The molecule has 0 saturated carbocycles. The molecule has 0 spiro atoms. The number of carboxylic acid groups (broad SMARTS) is 3. The van der Waals surface area contributed by atoms with Crippen molar-refractivity contribution in [3.63, 3.8) is 0 Å². The molecule has 0 radical (unpaired) electrons. The van der Waals surface area contributed by atoms with Gasteiger partial charge in [-0.15, -0.1) is 0 Å². The molecule has 1 aromatic heterocycles. The summed E-state index contributed by atoms with van der Waals surface area (Å²) in [6, 6.07) is 11.2. The fraction of sp³-hybridized carbons (Fsp3) is 0.594. The molecule has 0 bridgehead atoms. The fourth-order valence-corrected chi connectivity index (χ4v) is 12.4. The minimum Gasteiger partial charge on any atom is -0.494 e. The van der Waals surface area contributed by atoms with Gasteiger partial charge < -0.3 is 55.9 Å². The van der Waals surface area contributed by atoms with Gasteiger partial charge in [0.15, 0.2) is 0 Å². The van der Waals surface area contributed by atoms with Gasteiger partial charge in [0.25, 0.3) is 11.8 Å². The fourth-order valence-electron chi connectivity index (χ4n) is 11.5. The highest BCUT2D eigenvalue weighted by atomic mass is 32.2. The number of likely N-dealkylation sites (tertiary alicyclic amines) is 2. The number of nitrogens with one attached hydrogen (secondary N) is 4. The Bertz CT molecular complexity index is 3060. The van der Waals surface area contributed by atoms with Crippen LogP contribution in [0.2, 0.25) is 0 Å². The van der Waals surface area contributed by atoms with Gasteiger partial charge in [-0.3, -0.25) is 77.5 Å². The van der Waals surface area contributed by atoms with Crippen molar-refractivity contribution in [3.8, 4) is 5.75 Å². The number of pyridine rings is 1. The molecular weight excluding hydrogens is 1250 g/mol. The predicted molar refractivity (Wildman–Crippen MR) is 346 cm³/mol. The normalized spacial score (nSPS) is 17.9. The minimum atomic E-state index is -3.07. The van der Waals surface area contributed by atoms with Gasteiger partial charge in [-0.2, -0.15) is 11.8 Å². The summed E-state index contributed by atoms with van der Waals surface area (Å²) >= 11 is 1.26. The van der Waals surface area contributed by atoms with E-state index in [1.54, 1.807) is 42.7 Å². The Morgan fingerprint density at radius 2 is 1.37 bits per heavy atom. The molecule has 27 nitrogen and oxygen atoms in total. The lowest BCUT2D eigenvalue weighted by Crippen LogP contribution is -2.57. The van der Waals surface area contributed by atoms with Crippen LogP contribution in [0.15, 0.2) is 59.7 Å². The highest BCUT2D eigenvalue weighted by Crippen LogP contribution is 2.32. The third kappa shape index (κ3) is 26.1. The average Bonchev–Trinajstić information content (AvgIpc) is 1.20. The van der Waals surface area contributed by atoms with Gasteiger partial charge in [-0.25, -0.2) is 8.78 Å². The number of esters is 1. The van der Waals surface area contributed by atoms with Crippen LogP contribution in [0.3, 0.4) is 0 Å². The van der Waals surface area contributed by atoms with E-state index in [0.717, 1.165) is 42.4 Å². The SMILES string of the molecule is C/N=C/[C@H]1CC(F)(F)CN1C(=O)CNC(=O)c1ccnc2ccc(OCCCCC3CCN(C(=O)[C@H](CC(=O)OC)NC(=O)[C@H](CSCCNC(=O)CCCc4ccc(C)cc4)NC(=O)CN4CCN(CC(=O)O)CCN(CC(=O)O)CCN(CC(=O)O)CC4)CC3)cc12. The number of halogens is 2. The Hall–Kier alpha value is -7.93. The molecule has 3 saturated heterocycles. The van der Waals surface area contributed by atoms with Crippen LogP contribution in [-0.2, 0) is 54.3 Å². The van der Waals surface area contributed by atoms with Crippen LogP contribution in [0.4, 0.5) is 8.78 Å². The third-order valence-electron chi connectivity index (χ3n) is 16.6. The number of methoxy groups -OCH3 is 1. The standard InChI is InChI=1S/C64H90F2N12O15S/c1-44-10-12-45(13-11-44)8-6-9-54(79)69-20-32-94-42-53(71-55(80)38-73-23-25-74(39-57(82)83)27-29-76(41-59(86)87)30-28-75(26-24-73)40-58(84)85)62(90)72-52(34-60(88)92-3)63(91)77-21-17-46(18-22-77)7-4-5-31-93-48-14-15-51-50(33-48)49(16-19-68-51)61(89)70-37-56(81)78-43-64(65,66)35-47(78)36-67-2/h10-16,19,33,36,46-47,52-53H,4-9,17-18,20-32,34-35,37-43H2,1-3H3,(H,69,79)(H,70,89)(H,71,80)(H,72,90)(H,82,83)(H,84,85)(H,86,87)/b67-36+/t47-,52+,53+/m1/s1. The first-order chi connectivity index (χ1) is 45.0. The molecule has 3 aliphatic rings. The van der Waals surface area contributed by atoms with Crippen molar-refractivity contribution in [2.75, 3.05) is 144 Å². The molecule has 30 heteroatoms. The highest BCUT2D eigenvalue weighted by Gasteiger charge is 2.46. The number of carboxylic acids is 3. The average molecular weight is 1340 g/mol. The number of ether oxygens (including phenoxy) is 2. The largest absolute Gasteiger partial charge is 0.494 e. The number of piperidine rings is 1. The number of unbranched alkanes of at least 4 members (excludes halogenated alkanes) is 1. The molecule has 7 N–H and O–H groups in total. The smallest absolute Gasteiger partial charge is 0.317 e. The second-order valence-electron chi connectivity index (χ2n) is 23.9. The summed E-state index contributed by atoms with van der Waals surface area (Å²) in [4.78, 5) is 148. The lowest BCUT2D eigenvalue weighted by molar-refractivity contribution is -0.146. The Kier molecular flexibility index (Phi) is 30.7. The number of aryl methyl sites for hydroxylation is 2. The summed E-state index contributed by atoms with van der Waals surface area (Å²) in [7, 11) is 2.60. The van der Waals surface area contributed by atoms with Crippen molar-refractivity contribution < 1.29 is 81.5 Å². The number of carbonyl (C=O) groups is 10. The van der Waals surface area contributed by atoms with Crippen LogP contribution >= 0.6 is 11.8 Å². The van der Waals surface area contributed by atoms with Gasteiger partial charge in [-0.1, -0.05) is 36.2 Å². The second-order valence-corrected chi connectivity index (χ2v) is 25.1. The van der Waals surface area contributed by atoms with E-state index in [0.29, 0.717) is 74.2 Å². The van der Waals surface area contributed by atoms with Gasteiger partial charge in [0.05, 0.1) is 76.5 Å². The molecule has 4 heterocycles. The molecule has 94 heavy (non-hydrogen) atoms. The van der Waals surface area contributed by atoms with E-state index in [9.17, 15) is 72.0 Å². The van der Waals surface area contributed by atoms with Crippen LogP contribution in [0.1, 0.15) is 79.3 Å². The zero-order valence-electron chi connectivity index (χ0n) is 53.8. The number of fused-ring (bicyclic) bond motifs is 1. The van der Waals surface area contributed by atoms with E-state index >= 15 is 0 Å². The first-order valence-corrected chi connectivity index (χ1v) is 32.9. The number of aliphatic carboxylic acids is 3. The molecule has 2 aromatic carbocycles. The summed E-state index contributed by atoms with van der Waals surface area (Å²) in [5.74, 6) is -9.39. The highest BCUT2D eigenvalue weighted by molar-refractivity contribution is 7.99. The lowest BCUT2D eigenvalue weighted by Gasteiger charge is -2.34. The van der Waals surface area contributed by atoms with Crippen LogP contribution in [0.5, 0.6) is 5.75 Å². The predicted octanol–water partition coefficient (Wildman–Crippen LogP) is 1.88. The summed E-state index contributed by atoms with van der Waals surface area (Å²) in [5.41, 5.74) is 2.99. The van der Waals surface area contributed by atoms with E-state index in [2.05, 4.69) is 31.2 Å². The van der Waals surface area contributed by atoms with Gasteiger partial charge in [-0.05, 0) is 81.2 Å². The monoisotopic (exact) mass is 1340 g/mol. The van der Waals surface area contributed by atoms with Crippen molar-refractivity contribution in [3.05, 3.63) is 71.4 Å². The van der Waals surface area contributed by atoms with Gasteiger partial charge in [0, 0.05) is 121 Å². The zero-order valence-corrected chi connectivity index (χ0v) is 54.6. The van der Waals surface area contributed by atoms with Crippen molar-refractivity contribution >= 4 is 88.2 Å². The maximum Gasteiger partial charge on any atom is 0.317 e. The Morgan fingerprint density at radius 1 is 0.755 bits per heavy atom. The van der Waals surface area contributed by atoms with E-state index in [1.165, 1.54) is 37.3 Å². The number of alkyl halides is 2. The van der Waals surface area contributed by atoms with Crippen molar-refractivity contribution in [2.45, 2.75) is 95.2 Å². The van der Waals surface area contributed by atoms with Crippen LogP contribution < -0.4 is 26.0 Å². The van der Waals surface area contributed by atoms with E-state index in [4.69, 9.17) is 9.47 Å². The summed E-state index contributed by atoms with van der Waals surface area (Å²) in [6.07, 6.45) is 6.93. The first-order valence-electron chi connectivity index (χ1n) is 31.8. The van der Waals surface area contributed by atoms with Crippen LogP contribution in [0.25, 0.3) is 10.9 Å². The second kappa shape index (κ2) is 38.4. The third-order valence-corrected chi connectivity index (χ3v) is 17.7. The van der Waals surface area contributed by atoms with Crippen molar-refractivity contribution in [1.82, 2.24) is 55.7 Å². The van der Waals surface area contributed by atoms with Crippen LogP contribution in [-0.4, -0.2) is 283 Å². The Balaban J connectivity index is 1.04. The van der Waals surface area contributed by atoms with Gasteiger partial charge in [0.1, 0.15) is 17.8 Å². The zero-order chi connectivity index (χ0) is 68.2. The maximum absolute atomic E-state index is 14.5. The van der Waals surface area contributed by atoms with Crippen LogP contribution in [0, 0.1) is 12.8 Å². The number of thioether (sulfide) groups is 1. The molecule has 3 aliphatic heterocycles. The van der Waals surface area contributed by atoms with Crippen molar-refractivity contribution in [1.29, 1.82) is 0 Å². The minimum absolute atomic E-state index is 0.0160. The number of aliphatic imine (C=N–C) groups is 1. The molecule has 3 fully saturated rings. The molecule has 516 valence electrons. The molecule has 0 unspecified atom stereocenters. The molecule has 6 amide bonds. The Morgan fingerprint density at radius 3 is 1.97 bits per heavy atom. The van der Waals surface area contributed by atoms with Gasteiger partial charge in [0.2, 0.25) is 29.5 Å². The molecular formula is C64H90F2N12O15S. The number of benzene rings is 2. The van der Waals surface area contributed by atoms with Gasteiger partial charge >= 0.3 is 23.9 Å². The summed E-state index contributed by atoms with van der Waals surface area (Å²) < 4.78 is 39.4. The summed E-state index contributed by atoms with van der Waals surface area (Å²) in [5, 5.41) is 40.5. The van der Waals surface area contributed by atoms with Crippen molar-refractivity contribution in [2.24, 2.45) is 10.9 Å². The number of nitrogens with zero attached hydrogens (tertiary/aromatic N) is 8. The Labute approximate surface area is 550 Å². The number of carbonyl (C=O) groups excluding carboxylic acids is 7. The maximum atomic E-state index is 14.5. The summed E-state index contributed by atoms with van der Waals surface area (Å²) in [6.45, 7) is 1.86. The lowest BCUT2D eigenvalue weighted by atomic mass is 9.91. The van der Waals surface area contributed by atoms with E-state index in [1.807, 2.05) is 31.2 Å². The van der Waals surface area contributed by atoms with E-state index < -0.39 is 103 Å². The molecule has 3 aromatic rings. The molecule has 6 rings (SSSR count). The molecule has 0 aliphatic carbocycles. The topological polar surface area (TPSA) is 343 Å². The number of hydrogen-bond donors (Lipinski definition) is 7. The quantitative estimate of drug-likeness (QED) is 0.0260. The number of aromatic nitrogens is 1. The first kappa shape index (κ1) is 75.1. The number of hydrogen-bond acceptors (Lipinski definition) is 19.